The monoisotopic (exact) mass is 507 g/mol. The summed E-state index contributed by atoms with van der Waals surface area (Å²) in [5.74, 6) is 4.10. The van der Waals surface area contributed by atoms with E-state index in [1.54, 1.807) is 31.2 Å². The number of hydrogen-bond donors (Lipinski definition) is 3. The van der Waals surface area contributed by atoms with E-state index in [2.05, 4.69) is 22.6 Å². The largest absolute Gasteiger partial charge is 0.389 e. The molecule has 3 N–H and O–H groups in total. The van der Waals surface area contributed by atoms with Crippen LogP contribution in [0, 0.1) is 11.8 Å². The number of carbonyl (C=O) groups is 3. The van der Waals surface area contributed by atoms with Gasteiger partial charge in [-0.25, -0.2) is 10.3 Å². The van der Waals surface area contributed by atoms with Crippen LogP contribution in [0.1, 0.15) is 66.3 Å². The summed E-state index contributed by atoms with van der Waals surface area (Å²) in [6.45, 7) is 3.58. The number of aliphatic hydroxyl groups excluding tert-OH is 1. The molecule has 2 aromatic rings. The number of amides is 3. The van der Waals surface area contributed by atoms with Crippen LogP contribution in [-0.2, 0) is 19.2 Å². The van der Waals surface area contributed by atoms with E-state index >= 15 is 0 Å². The molecule has 0 aliphatic carbocycles. The Morgan fingerprint density at radius 3 is 2.16 bits per heavy atom. The van der Waals surface area contributed by atoms with Crippen molar-refractivity contribution in [3.05, 3.63) is 70.8 Å². The maximum Gasteiger partial charge on any atom is 0.279 e. The number of hydrogen-bond acceptors (Lipinski definition) is 6. The zero-order chi connectivity index (χ0) is 27.0. The first-order chi connectivity index (χ1) is 17.7. The van der Waals surface area contributed by atoms with Gasteiger partial charge in [0.05, 0.1) is 6.10 Å². The van der Waals surface area contributed by atoms with E-state index in [0.29, 0.717) is 18.6 Å². The van der Waals surface area contributed by atoms with Crippen molar-refractivity contribution < 1.29 is 29.1 Å². The molecule has 0 aromatic heterocycles. The van der Waals surface area contributed by atoms with Crippen molar-refractivity contribution >= 4 is 17.7 Å². The maximum atomic E-state index is 13.2. The number of likely N-dealkylation sites (N-methyl/N-ethyl adjacent to an activating group) is 2. The van der Waals surface area contributed by atoms with Gasteiger partial charge < -0.3 is 20.1 Å². The van der Waals surface area contributed by atoms with Crippen molar-refractivity contribution in [1.29, 1.82) is 0 Å². The van der Waals surface area contributed by atoms with Crippen LogP contribution in [0.2, 0.25) is 0 Å². The van der Waals surface area contributed by atoms with Crippen LogP contribution < -0.4 is 10.8 Å². The molecular weight excluding hydrogens is 474 g/mol. The van der Waals surface area contributed by atoms with Crippen molar-refractivity contribution in [3.8, 4) is 11.8 Å². The minimum absolute atomic E-state index is 0.286. The molecule has 0 spiro atoms. The third kappa shape index (κ3) is 6.74. The smallest absolute Gasteiger partial charge is 0.279 e. The average Bonchev–Trinajstić information content (AvgIpc) is 2.94. The van der Waals surface area contributed by atoms with Gasteiger partial charge in [-0.2, -0.15) is 0 Å². The molecule has 3 rings (SSSR count). The van der Waals surface area contributed by atoms with Crippen molar-refractivity contribution in [3.63, 3.8) is 0 Å². The lowest BCUT2D eigenvalue weighted by molar-refractivity contribution is -0.204. The molecule has 196 valence electrons. The Bertz CT molecular complexity index is 1160. The highest BCUT2D eigenvalue weighted by Crippen LogP contribution is 2.20. The van der Waals surface area contributed by atoms with Gasteiger partial charge in [-0.15, -0.1) is 0 Å². The fourth-order valence-electron chi connectivity index (χ4n) is 3.76. The van der Waals surface area contributed by atoms with E-state index in [4.69, 9.17) is 9.57 Å². The van der Waals surface area contributed by atoms with E-state index in [0.717, 1.165) is 28.9 Å². The zero-order valence-electron chi connectivity index (χ0n) is 21.5. The predicted molar refractivity (Wildman–Crippen MR) is 137 cm³/mol. The second kappa shape index (κ2) is 12.5. The number of rotatable bonds is 7. The molecular formula is C28H33N3O6. The summed E-state index contributed by atoms with van der Waals surface area (Å²) < 4.78 is 5.44. The van der Waals surface area contributed by atoms with E-state index in [1.165, 1.54) is 21.0 Å². The van der Waals surface area contributed by atoms with Crippen molar-refractivity contribution in [2.24, 2.45) is 0 Å². The highest BCUT2D eigenvalue weighted by atomic mass is 16.8. The van der Waals surface area contributed by atoms with Gasteiger partial charge in [0, 0.05) is 43.8 Å². The molecule has 2 aromatic carbocycles. The van der Waals surface area contributed by atoms with Gasteiger partial charge in [-0.1, -0.05) is 24.0 Å². The highest BCUT2D eigenvalue weighted by molar-refractivity contribution is 6.12. The van der Waals surface area contributed by atoms with Gasteiger partial charge in [0.1, 0.15) is 0 Å². The molecule has 1 aliphatic rings. The van der Waals surface area contributed by atoms with Crippen LogP contribution in [0.5, 0.6) is 0 Å². The Kier molecular flexibility index (Phi) is 9.42. The maximum absolute atomic E-state index is 13.2. The molecule has 0 bridgehead atoms. The number of benzene rings is 2. The van der Waals surface area contributed by atoms with Gasteiger partial charge in [-0.3, -0.25) is 14.4 Å². The van der Waals surface area contributed by atoms with Crippen molar-refractivity contribution in [2.45, 2.75) is 51.0 Å². The summed E-state index contributed by atoms with van der Waals surface area (Å²) in [5.41, 5.74) is 2.99. The number of nitrogens with one attached hydrogen (secondary N) is 2. The van der Waals surface area contributed by atoms with Gasteiger partial charge >= 0.3 is 0 Å². The van der Waals surface area contributed by atoms with E-state index < -0.39 is 35.7 Å². The highest BCUT2D eigenvalue weighted by Gasteiger charge is 2.47. The number of ether oxygens (including phenoxy) is 1. The molecule has 37 heavy (non-hydrogen) atoms. The molecule has 9 nitrogen and oxygen atoms in total. The predicted octanol–water partition coefficient (Wildman–Crippen LogP) is 2.29. The van der Waals surface area contributed by atoms with E-state index in [9.17, 15) is 19.5 Å². The van der Waals surface area contributed by atoms with E-state index in [-0.39, 0.29) is 5.56 Å². The number of carbonyl (C=O) groups excluding carboxylic acids is 3. The van der Waals surface area contributed by atoms with Crippen LogP contribution in [0.15, 0.2) is 48.5 Å². The Hall–Kier alpha value is -3.71. The second-order valence-electron chi connectivity index (χ2n) is 8.99. The summed E-state index contributed by atoms with van der Waals surface area (Å²) in [5, 5.41) is 12.1. The molecule has 0 radical (unpaired) electrons. The van der Waals surface area contributed by atoms with Crippen molar-refractivity contribution in [2.75, 3.05) is 20.7 Å². The summed E-state index contributed by atoms with van der Waals surface area (Å²) in [4.78, 5) is 45.5. The molecule has 1 aliphatic heterocycles. The third-order valence-corrected chi connectivity index (χ3v) is 6.38. The summed E-state index contributed by atoms with van der Waals surface area (Å²) >= 11 is 0. The number of aliphatic hydroxyl groups is 1. The second-order valence-corrected chi connectivity index (χ2v) is 8.99. The minimum Gasteiger partial charge on any atom is -0.389 e. The molecule has 1 saturated heterocycles. The lowest BCUT2D eigenvalue weighted by Crippen LogP contribution is -2.65. The zero-order valence-corrected chi connectivity index (χ0v) is 21.5. The number of hydroxylamine groups is 1. The van der Waals surface area contributed by atoms with Crippen LogP contribution in [0.4, 0.5) is 0 Å². The quantitative estimate of drug-likeness (QED) is 0.301. The Morgan fingerprint density at radius 1 is 1.05 bits per heavy atom. The fraction of sp³-hybridized carbons (Fsp3) is 0.393. The van der Waals surface area contributed by atoms with Crippen molar-refractivity contribution in [1.82, 2.24) is 15.7 Å². The van der Waals surface area contributed by atoms with E-state index in [1.807, 2.05) is 24.3 Å². The third-order valence-electron chi connectivity index (χ3n) is 6.38. The van der Waals surface area contributed by atoms with Gasteiger partial charge in [0.25, 0.3) is 17.7 Å². The first-order valence-corrected chi connectivity index (χ1v) is 12.1. The molecule has 3 amide bonds. The molecule has 1 fully saturated rings. The molecule has 1 heterocycles. The Balaban J connectivity index is 1.71. The molecule has 3 atom stereocenters. The van der Waals surface area contributed by atoms with Crippen LogP contribution in [-0.4, -0.2) is 60.3 Å². The average molecular weight is 508 g/mol. The Morgan fingerprint density at radius 2 is 1.65 bits per heavy atom. The Labute approximate surface area is 217 Å². The van der Waals surface area contributed by atoms with Gasteiger partial charge in [0.2, 0.25) is 0 Å². The lowest BCUT2D eigenvalue weighted by atomic mass is 9.96. The summed E-state index contributed by atoms with van der Waals surface area (Å²) in [6, 6.07) is 13.9. The molecule has 0 saturated carbocycles. The number of nitrogens with zero attached hydrogens (tertiary/aromatic N) is 1. The first kappa shape index (κ1) is 27.9. The van der Waals surface area contributed by atoms with Crippen LogP contribution in [0.25, 0.3) is 0 Å². The van der Waals surface area contributed by atoms with Gasteiger partial charge in [-0.05, 0) is 68.7 Å². The van der Waals surface area contributed by atoms with Crippen LogP contribution >= 0.6 is 0 Å². The SMILES string of the molecule is CNC(=O)[C@@](C)(C(=O)NOC1CCCCO1)N(C)C(=O)c1ccc(C#Cc2ccc([C@@H](C)O)cc2)cc1. The standard InChI is InChI=1S/C28H33N3O6/c1-19(32)22-14-10-20(11-15-22)8-9-21-12-16-23(17-13-21)25(33)31(4)28(2,26(34)29-3)27(35)30-37-24-7-5-6-18-36-24/h10-17,19,24,32H,5-7,18H2,1-4H3,(H,29,34)(H,30,35)/t19-,24?,28+/m1/s1. The minimum atomic E-state index is -1.88. The summed E-state index contributed by atoms with van der Waals surface area (Å²) in [6.07, 6.45) is 1.30. The first-order valence-electron chi connectivity index (χ1n) is 12.1. The molecule has 1 unspecified atom stereocenters. The van der Waals surface area contributed by atoms with Gasteiger partial charge in [0.15, 0.2) is 11.8 Å². The summed E-state index contributed by atoms with van der Waals surface area (Å²) in [7, 11) is 2.78. The topological polar surface area (TPSA) is 117 Å². The fourth-order valence-corrected chi connectivity index (χ4v) is 3.76. The molecule has 9 heteroatoms. The lowest BCUT2D eigenvalue weighted by Gasteiger charge is -2.36. The van der Waals surface area contributed by atoms with Crippen LogP contribution in [0.3, 0.4) is 0 Å². The normalized spacial score (nSPS) is 17.4.